The van der Waals surface area contributed by atoms with Crippen molar-refractivity contribution in [3.63, 3.8) is 0 Å². The third-order valence-electron chi connectivity index (χ3n) is 4.76. The van der Waals surface area contributed by atoms with Crippen LogP contribution >= 0.6 is 0 Å². The molecule has 1 atom stereocenters. The van der Waals surface area contributed by atoms with Gasteiger partial charge >= 0.3 is 0 Å². The van der Waals surface area contributed by atoms with Crippen LogP contribution in [0.5, 0.6) is 0 Å². The number of aromatic nitrogens is 4. The number of benzene rings is 2. The maximum atomic E-state index is 13.5. The number of fused-ring (bicyclic) bond motifs is 1. The summed E-state index contributed by atoms with van der Waals surface area (Å²) in [5, 5.41) is 3.83. The Morgan fingerprint density at radius 3 is 2.76 bits per heavy atom. The summed E-state index contributed by atoms with van der Waals surface area (Å²) in [4.78, 5) is 8.57. The molecule has 0 radical (unpaired) electrons. The molecule has 4 aromatic rings. The number of halogens is 3. The van der Waals surface area contributed by atoms with Crippen LogP contribution in [0.3, 0.4) is 0 Å². The zero-order valence-electron chi connectivity index (χ0n) is 14.8. The molecule has 0 spiro atoms. The lowest BCUT2D eigenvalue weighted by molar-refractivity contribution is 0.00314. The van der Waals surface area contributed by atoms with Crippen LogP contribution in [0, 0.1) is 17.5 Å². The molecule has 0 bridgehead atoms. The largest absolute Gasteiger partial charge is 0.365 e. The second kappa shape index (κ2) is 6.85. The fourth-order valence-electron chi connectivity index (χ4n) is 3.29. The number of hydrogen-bond acceptors (Lipinski definition) is 5. The van der Waals surface area contributed by atoms with Crippen molar-refractivity contribution < 1.29 is 22.4 Å². The minimum absolute atomic E-state index is 0.120. The Morgan fingerprint density at radius 1 is 1.03 bits per heavy atom. The van der Waals surface area contributed by atoms with Gasteiger partial charge in [-0.25, -0.2) is 18.2 Å². The molecule has 1 unspecified atom stereocenters. The first-order valence-corrected chi connectivity index (χ1v) is 8.79. The SMILES string of the molecule is Fc1cccc(C2Cn3cnc(-c4nc(-c5ccc(F)c(F)c5)no4)c3CO2)c1. The molecule has 29 heavy (non-hydrogen) atoms. The van der Waals surface area contributed by atoms with Crippen LogP contribution in [-0.4, -0.2) is 19.7 Å². The van der Waals surface area contributed by atoms with Gasteiger partial charge in [-0.15, -0.1) is 0 Å². The Kier molecular flexibility index (Phi) is 4.17. The second-order valence-corrected chi connectivity index (χ2v) is 6.60. The molecule has 146 valence electrons. The molecule has 2 aromatic heterocycles. The average Bonchev–Trinajstić information content (AvgIpc) is 3.36. The molecule has 2 aromatic carbocycles. The zero-order chi connectivity index (χ0) is 20.0. The monoisotopic (exact) mass is 398 g/mol. The second-order valence-electron chi connectivity index (χ2n) is 6.60. The standard InChI is InChI=1S/C20H13F3N4O2/c21-13-3-1-2-11(6-13)17-8-27-10-24-18(16(27)9-28-17)20-25-19(26-29-20)12-4-5-14(22)15(23)7-12/h1-7,10,17H,8-9H2. The fraction of sp³-hybridized carbons (Fsp3) is 0.150. The van der Waals surface area contributed by atoms with Crippen molar-refractivity contribution >= 4 is 0 Å². The summed E-state index contributed by atoms with van der Waals surface area (Å²) >= 11 is 0. The fourth-order valence-corrected chi connectivity index (χ4v) is 3.29. The summed E-state index contributed by atoms with van der Waals surface area (Å²) in [6.07, 6.45) is 1.32. The molecular weight excluding hydrogens is 385 g/mol. The van der Waals surface area contributed by atoms with Crippen LogP contribution < -0.4 is 0 Å². The van der Waals surface area contributed by atoms with Gasteiger partial charge in [0, 0.05) is 5.56 Å². The van der Waals surface area contributed by atoms with Gasteiger partial charge in [0.25, 0.3) is 5.89 Å². The van der Waals surface area contributed by atoms with Crippen molar-refractivity contribution in [1.82, 2.24) is 19.7 Å². The van der Waals surface area contributed by atoms with Crippen LogP contribution in [0.1, 0.15) is 17.4 Å². The predicted molar refractivity (Wildman–Crippen MR) is 94.8 cm³/mol. The molecule has 3 heterocycles. The van der Waals surface area contributed by atoms with Crippen molar-refractivity contribution in [1.29, 1.82) is 0 Å². The Hall–Kier alpha value is -3.46. The highest BCUT2D eigenvalue weighted by molar-refractivity contribution is 5.59. The van der Waals surface area contributed by atoms with Gasteiger partial charge in [0.1, 0.15) is 11.9 Å². The first kappa shape index (κ1) is 17.6. The van der Waals surface area contributed by atoms with E-state index in [0.717, 1.165) is 23.4 Å². The Balaban J connectivity index is 1.42. The highest BCUT2D eigenvalue weighted by Gasteiger charge is 2.27. The van der Waals surface area contributed by atoms with E-state index < -0.39 is 11.6 Å². The maximum Gasteiger partial charge on any atom is 0.278 e. The lowest BCUT2D eigenvalue weighted by atomic mass is 10.1. The van der Waals surface area contributed by atoms with Gasteiger partial charge in [-0.05, 0) is 35.9 Å². The molecule has 0 saturated carbocycles. The van der Waals surface area contributed by atoms with Crippen LogP contribution in [0.2, 0.25) is 0 Å². The molecule has 0 aliphatic carbocycles. The van der Waals surface area contributed by atoms with Crippen molar-refractivity contribution in [3.8, 4) is 23.0 Å². The van der Waals surface area contributed by atoms with E-state index in [1.54, 1.807) is 12.4 Å². The number of imidazole rings is 1. The lowest BCUT2D eigenvalue weighted by Gasteiger charge is -2.25. The normalized spacial score (nSPS) is 16.0. The molecule has 0 amide bonds. The third kappa shape index (κ3) is 3.19. The van der Waals surface area contributed by atoms with E-state index >= 15 is 0 Å². The van der Waals surface area contributed by atoms with Crippen LogP contribution in [0.4, 0.5) is 13.2 Å². The van der Waals surface area contributed by atoms with Gasteiger partial charge in [0.05, 0.1) is 25.2 Å². The topological polar surface area (TPSA) is 66.0 Å². The summed E-state index contributed by atoms with van der Waals surface area (Å²) < 4.78 is 53.1. The van der Waals surface area contributed by atoms with Crippen LogP contribution in [-0.2, 0) is 17.9 Å². The van der Waals surface area contributed by atoms with Gasteiger partial charge in [-0.3, -0.25) is 0 Å². The summed E-state index contributed by atoms with van der Waals surface area (Å²) in [5.41, 5.74) is 2.21. The van der Waals surface area contributed by atoms with E-state index in [2.05, 4.69) is 15.1 Å². The van der Waals surface area contributed by atoms with Crippen molar-refractivity contribution in [2.45, 2.75) is 19.3 Å². The van der Waals surface area contributed by atoms with Gasteiger partial charge in [0.15, 0.2) is 17.3 Å². The van der Waals surface area contributed by atoms with E-state index in [9.17, 15) is 13.2 Å². The van der Waals surface area contributed by atoms with Crippen LogP contribution in [0.25, 0.3) is 23.0 Å². The molecule has 0 saturated heterocycles. The molecule has 1 aliphatic rings. The lowest BCUT2D eigenvalue weighted by Crippen LogP contribution is -2.20. The smallest absolute Gasteiger partial charge is 0.278 e. The van der Waals surface area contributed by atoms with Gasteiger partial charge in [-0.1, -0.05) is 17.3 Å². The van der Waals surface area contributed by atoms with Gasteiger partial charge in [-0.2, -0.15) is 4.98 Å². The maximum absolute atomic E-state index is 13.5. The molecule has 0 fully saturated rings. The van der Waals surface area contributed by atoms with Crippen molar-refractivity contribution in [2.75, 3.05) is 0 Å². The molecule has 0 N–H and O–H groups in total. The third-order valence-corrected chi connectivity index (χ3v) is 4.76. The molecule has 1 aliphatic heterocycles. The van der Waals surface area contributed by atoms with E-state index in [1.807, 2.05) is 10.6 Å². The predicted octanol–water partition coefficient (Wildman–Crippen LogP) is 4.29. The van der Waals surface area contributed by atoms with E-state index in [0.29, 0.717) is 12.2 Å². The Morgan fingerprint density at radius 2 is 1.93 bits per heavy atom. The first-order valence-electron chi connectivity index (χ1n) is 8.79. The van der Waals surface area contributed by atoms with E-state index in [4.69, 9.17) is 9.26 Å². The molecule has 6 nitrogen and oxygen atoms in total. The minimum Gasteiger partial charge on any atom is -0.365 e. The molecular formula is C20H13F3N4O2. The van der Waals surface area contributed by atoms with Gasteiger partial charge in [0.2, 0.25) is 5.82 Å². The summed E-state index contributed by atoms with van der Waals surface area (Å²) in [6.45, 7) is 0.676. The Labute approximate surface area is 162 Å². The first-order chi connectivity index (χ1) is 14.1. The molecule has 5 rings (SSSR count). The van der Waals surface area contributed by atoms with E-state index in [-0.39, 0.29) is 35.8 Å². The average molecular weight is 398 g/mol. The number of nitrogens with zero attached hydrogens (tertiary/aromatic N) is 4. The minimum atomic E-state index is -0.995. The van der Waals surface area contributed by atoms with Gasteiger partial charge < -0.3 is 13.8 Å². The van der Waals surface area contributed by atoms with Crippen molar-refractivity contribution in [3.05, 3.63) is 77.5 Å². The zero-order valence-corrected chi connectivity index (χ0v) is 14.8. The van der Waals surface area contributed by atoms with Crippen LogP contribution in [0.15, 0.2) is 53.3 Å². The van der Waals surface area contributed by atoms with Crippen molar-refractivity contribution in [2.24, 2.45) is 0 Å². The summed E-state index contributed by atoms with van der Waals surface area (Å²) in [7, 11) is 0. The summed E-state index contributed by atoms with van der Waals surface area (Å²) in [6, 6.07) is 9.64. The number of rotatable bonds is 3. The van der Waals surface area contributed by atoms with E-state index in [1.165, 1.54) is 18.2 Å². The Bertz CT molecular complexity index is 1200. The number of ether oxygens (including phenoxy) is 1. The highest BCUT2D eigenvalue weighted by Crippen LogP contribution is 2.32. The quantitative estimate of drug-likeness (QED) is 0.515. The summed E-state index contributed by atoms with van der Waals surface area (Å²) in [5.74, 6) is -2.00. The number of hydrogen-bond donors (Lipinski definition) is 0. The molecule has 9 heteroatoms. The highest BCUT2D eigenvalue weighted by atomic mass is 19.2.